The molecular weight excluding hydrogens is 158 g/mol. The van der Waals surface area contributed by atoms with Crippen molar-refractivity contribution in [1.29, 1.82) is 0 Å². The van der Waals surface area contributed by atoms with Crippen molar-refractivity contribution in [2.45, 2.75) is 12.8 Å². The van der Waals surface area contributed by atoms with Crippen LogP contribution in [0.1, 0.15) is 18.5 Å². The molecular formula is C12H11N. The molecule has 0 radical (unpaired) electrons. The van der Waals surface area contributed by atoms with Gasteiger partial charge in [0.05, 0.1) is 5.92 Å². The molecule has 1 heterocycles. The normalized spacial score (nSPS) is 12.6. The molecule has 1 N–H and O–H groups in total. The van der Waals surface area contributed by atoms with Crippen LogP contribution in [0.2, 0.25) is 0 Å². The third-order valence-corrected chi connectivity index (χ3v) is 2.27. The van der Waals surface area contributed by atoms with Crippen molar-refractivity contribution < 1.29 is 0 Å². The van der Waals surface area contributed by atoms with E-state index < -0.39 is 0 Å². The lowest BCUT2D eigenvalue weighted by Gasteiger charge is -1.97. The molecule has 0 spiro atoms. The fourth-order valence-electron chi connectivity index (χ4n) is 1.42. The van der Waals surface area contributed by atoms with Crippen LogP contribution in [-0.2, 0) is 0 Å². The lowest BCUT2D eigenvalue weighted by molar-refractivity contribution is 0.961. The number of rotatable bonds is 1. The van der Waals surface area contributed by atoms with E-state index >= 15 is 0 Å². The van der Waals surface area contributed by atoms with E-state index in [1.165, 1.54) is 5.39 Å². The Labute approximate surface area is 77.8 Å². The molecule has 1 aromatic heterocycles. The van der Waals surface area contributed by atoms with E-state index in [9.17, 15) is 0 Å². The highest BCUT2D eigenvalue weighted by atomic mass is 14.7. The molecule has 0 aliphatic rings. The minimum absolute atomic E-state index is 0.160. The topological polar surface area (TPSA) is 15.8 Å². The summed E-state index contributed by atoms with van der Waals surface area (Å²) in [6.45, 7) is 2.02. The van der Waals surface area contributed by atoms with Gasteiger partial charge in [-0.05, 0) is 24.4 Å². The maximum Gasteiger partial charge on any atom is 0.0572 e. The van der Waals surface area contributed by atoms with Gasteiger partial charge in [0.1, 0.15) is 0 Å². The summed E-state index contributed by atoms with van der Waals surface area (Å²) < 4.78 is 0. The zero-order valence-corrected chi connectivity index (χ0v) is 7.54. The lowest BCUT2D eigenvalue weighted by atomic mass is 10.1. The van der Waals surface area contributed by atoms with E-state index in [0.717, 1.165) is 11.2 Å². The second kappa shape index (κ2) is 2.99. The number of terminal acetylenes is 1. The van der Waals surface area contributed by atoms with E-state index in [1.807, 2.05) is 19.1 Å². The third-order valence-electron chi connectivity index (χ3n) is 2.27. The number of aromatic nitrogens is 1. The summed E-state index contributed by atoms with van der Waals surface area (Å²) in [5.74, 6) is 2.87. The third kappa shape index (κ3) is 1.31. The SMILES string of the molecule is C#CC(C)c1cc2ccccc2[nH]1. The number of para-hydroxylation sites is 1. The Kier molecular flexibility index (Phi) is 1.83. The summed E-state index contributed by atoms with van der Waals surface area (Å²) in [5, 5.41) is 1.22. The molecule has 1 atom stereocenters. The van der Waals surface area contributed by atoms with Crippen LogP contribution in [-0.4, -0.2) is 4.98 Å². The Morgan fingerprint density at radius 2 is 2.15 bits per heavy atom. The Bertz CT molecular complexity index is 426. The molecule has 0 amide bonds. The average molecular weight is 169 g/mol. The van der Waals surface area contributed by atoms with Crippen LogP contribution in [0.5, 0.6) is 0 Å². The molecule has 2 rings (SSSR count). The quantitative estimate of drug-likeness (QED) is 0.632. The van der Waals surface area contributed by atoms with Crippen molar-refractivity contribution in [3.05, 3.63) is 36.0 Å². The van der Waals surface area contributed by atoms with Crippen LogP contribution < -0.4 is 0 Å². The molecule has 1 nitrogen and oxygen atoms in total. The number of fused-ring (bicyclic) bond motifs is 1. The summed E-state index contributed by atoms with van der Waals surface area (Å²) in [6.07, 6.45) is 5.36. The summed E-state index contributed by atoms with van der Waals surface area (Å²) in [6, 6.07) is 10.3. The van der Waals surface area contributed by atoms with E-state index in [-0.39, 0.29) is 5.92 Å². The molecule has 1 aromatic carbocycles. The first-order chi connectivity index (χ1) is 6.31. The van der Waals surface area contributed by atoms with Crippen LogP contribution in [0.4, 0.5) is 0 Å². The van der Waals surface area contributed by atoms with Gasteiger partial charge in [0.15, 0.2) is 0 Å². The molecule has 0 fully saturated rings. The number of hydrogen-bond acceptors (Lipinski definition) is 0. The smallest absolute Gasteiger partial charge is 0.0572 e. The van der Waals surface area contributed by atoms with Crippen LogP contribution in [0.25, 0.3) is 10.9 Å². The molecule has 64 valence electrons. The Balaban J connectivity index is 2.57. The molecule has 0 aliphatic heterocycles. The fourth-order valence-corrected chi connectivity index (χ4v) is 1.42. The van der Waals surface area contributed by atoms with Gasteiger partial charge >= 0.3 is 0 Å². The zero-order valence-electron chi connectivity index (χ0n) is 7.54. The number of nitrogens with one attached hydrogen (secondary N) is 1. The standard InChI is InChI=1S/C12H11N/c1-3-9(2)12-8-10-6-4-5-7-11(10)13-12/h1,4-9,13H,2H3. The lowest BCUT2D eigenvalue weighted by Crippen LogP contribution is -1.87. The van der Waals surface area contributed by atoms with Crippen LogP contribution in [0, 0.1) is 12.3 Å². The first-order valence-electron chi connectivity index (χ1n) is 4.35. The molecule has 0 bridgehead atoms. The van der Waals surface area contributed by atoms with E-state index in [1.54, 1.807) is 0 Å². The van der Waals surface area contributed by atoms with Crippen molar-refractivity contribution in [1.82, 2.24) is 4.98 Å². The van der Waals surface area contributed by atoms with Crippen molar-refractivity contribution in [2.24, 2.45) is 0 Å². The van der Waals surface area contributed by atoms with Crippen molar-refractivity contribution in [3.63, 3.8) is 0 Å². The first kappa shape index (κ1) is 7.94. The Morgan fingerprint density at radius 1 is 1.38 bits per heavy atom. The van der Waals surface area contributed by atoms with Gasteiger partial charge in [0.25, 0.3) is 0 Å². The van der Waals surface area contributed by atoms with Gasteiger partial charge in [0.2, 0.25) is 0 Å². The minimum Gasteiger partial charge on any atom is -0.357 e. The number of H-pyrrole nitrogens is 1. The van der Waals surface area contributed by atoms with Crippen molar-refractivity contribution >= 4 is 10.9 Å². The van der Waals surface area contributed by atoms with Gasteiger partial charge < -0.3 is 4.98 Å². The molecule has 1 heteroatoms. The van der Waals surface area contributed by atoms with Gasteiger partial charge in [-0.1, -0.05) is 24.1 Å². The van der Waals surface area contributed by atoms with E-state index in [2.05, 4.69) is 29.1 Å². The minimum atomic E-state index is 0.160. The highest BCUT2D eigenvalue weighted by molar-refractivity contribution is 5.80. The van der Waals surface area contributed by atoms with Crippen molar-refractivity contribution in [2.75, 3.05) is 0 Å². The summed E-state index contributed by atoms with van der Waals surface area (Å²) >= 11 is 0. The van der Waals surface area contributed by atoms with E-state index in [4.69, 9.17) is 6.42 Å². The van der Waals surface area contributed by atoms with Gasteiger partial charge in [-0.2, -0.15) is 0 Å². The predicted molar refractivity (Wildman–Crippen MR) is 55.5 cm³/mol. The molecule has 1 unspecified atom stereocenters. The predicted octanol–water partition coefficient (Wildman–Crippen LogP) is 2.90. The summed E-state index contributed by atoms with van der Waals surface area (Å²) in [7, 11) is 0. The maximum absolute atomic E-state index is 5.36. The average Bonchev–Trinajstić information content (AvgIpc) is 2.59. The van der Waals surface area contributed by atoms with Crippen LogP contribution >= 0.6 is 0 Å². The molecule has 0 saturated heterocycles. The maximum atomic E-state index is 5.36. The van der Waals surface area contributed by atoms with Crippen LogP contribution in [0.3, 0.4) is 0 Å². The number of aromatic amines is 1. The van der Waals surface area contributed by atoms with Gasteiger partial charge in [0, 0.05) is 11.2 Å². The summed E-state index contributed by atoms with van der Waals surface area (Å²) in [4.78, 5) is 3.30. The van der Waals surface area contributed by atoms with Gasteiger partial charge in [-0.3, -0.25) is 0 Å². The zero-order chi connectivity index (χ0) is 9.26. The first-order valence-corrected chi connectivity index (χ1v) is 4.35. The highest BCUT2D eigenvalue weighted by Gasteiger charge is 2.04. The molecule has 13 heavy (non-hydrogen) atoms. The molecule has 2 aromatic rings. The second-order valence-electron chi connectivity index (χ2n) is 3.20. The van der Waals surface area contributed by atoms with Crippen LogP contribution in [0.15, 0.2) is 30.3 Å². The summed E-state index contributed by atoms with van der Waals surface area (Å²) in [5.41, 5.74) is 2.27. The number of benzene rings is 1. The Hall–Kier alpha value is -1.68. The monoisotopic (exact) mass is 169 g/mol. The fraction of sp³-hybridized carbons (Fsp3) is 0.167. The van der Waals surface area contributed by atoms with Crippen molar-refractivity contribution in [3.8, 4) is 12.3 Å². The molecule has 0 aliphatic carbocycles. The second-order valence-corrected chi connectivity index (χ2v) is 3.20. The van der Waals surface area contributed by atoms with Gasteiger partial charge in [-0.25, -0.2) is 0 Å². The van der Waals surface area contributed by atoms with E-state index in [0.29, 0.717) is 0 Å². The van der Waals surface area contributed by atoms with Gasteiger partial charge in [-0.15, -0.1) is 6.42 Å². The highest BCUT2D eigenvalue weighted by Crippen LogP contribution is 2.20. The largest absolute Gasteiger partial charge is 0.357 e. The molecule has 0 saturated carbocycles. The number of hydrogen-bond donors (Lipinski definition) is 1. The Morgan fingerprint density at radius 3 is 2.85 bits per heavy atom.